The molecule has 0 radical (unpaired) electrons. The Balaban J connectivity index is 2.46. The topological polar surface area (TPSA) is 12.0 Å². The van der Waals surface area contributed by atoms with Crippen molar-refractivity contribution in [2.45, 2.75) is 40.3 Å². The zero-order valence-corrected chi connectivity index (χ0v) is 12.9. The van der Waals surface area contributed by atoms with E-state index in [1.807, 2.05) is 19.9 Å². The van der Waals surface area contributed by atoms with Crippen molar-refractivity contribution >= 4 is 0 Å². The van der Waals surface area contributed by atoms with E-state index < -0.39 is 0 Å². The normalized spacial score (nSPS) is 11.2. The molecule has 3 heteroatoms. The van der Waals surface area contributed by atoms with Gasteiger partial charge in [0.1, 0.15) is 11.6 Å². The zero-order chi connectivity index (χ0) is 15.6. The third-order valence-corrected chi connectivity index (χ3v) is 3.51. The van der Waals surface area contributed by atoms with Crippen molar-refractivity contribution in [3.63, 3.8) is 0 Å². The van der Waals surface area contributed by atoms with E-state index in [0.717, 1.165) is 22.3 Å². The zero-order valence-electron chi connectivity index (χ0n) is 12.9. The average molecular weight is 289 g/mol. The quantitative estimate of drug-likeness (QED) is 0.856. The highest BCUT2D eigenvalue weighted by molar-refractivity contribution is 5.71. The van der Waals surface area contributed by atoms with Crippen LogP contribution in [-0.2, 0) is 6.54 Å². The molecule has 0 aliphatic rings. The highest BCUT2D eigenvalue weighted by Gasteiger charge is 2.13. The van der Waals surface area contributed by atoms with Crippen molar-refractivity contribution in [2.75, 3.05) is 0 Å². The van der Waals surface area contributed by atoms with Crippen LogP contribution >= 0.6 is 0 Å². The average Bonchev–Trinajstić information content (AvgIpc) is 2.38. The first-order valence-corrected chi connectivity index (χ1v) is 7.17. The monoisotopic (exact) mass is 289 g/mol. The Morgan fingerprint density at radius 2 is 1.62 bits per heavy atom. The second-order valence-electron chi connectivity index (χ2n) is 5.76. The van der Waals surface area contributed by atoms with Crippen molar-refractivity contribution in [1.82, 2.24) is 5.32 Å². The van der Waals surface area contributed by atoms with Gasteiger partial charge in [-0.15, -0.1) is 0 Å². The minimum absolute atomic E-state index is 0.277. The van der Waals surface area contributed by atoms with Gasteiger partial charge in [0, 0.05) is 18.2 Å². The molecule has 0 aliphatic carbocycles. The molecule has 0 aromatic heterocycles. The van der Waals surface area contributed by atoms with E-state index in [2.05, 4.69) is 19.2 Å². The largest absolute Gasteiger partial charge is 0.310 e. The van der Waals surface area contributed by atoms with Gasteiger partial charge < -0.3 is 5.32 Å². The summed E-state index contributed by atoms with van der Waals surface area (Å²) in [5.74, 6) is -0.562. The molecule has 0 saturated heterocycles. The lowest BCUT2D eigenvalue weighted by Gasteiger charge is -2.14. The van der Waals surface area contributed by atoms with E-state index in [-0.39, 0.29) is 11.6 Å². The maximum Gasteiger partial charge on any atom is 0.131 e. The van der Waals surface area contributed by atoms with E-state index in [1.165, 1.54) is 18.2 Å². The summed E-state index contributed by atoms with van der Waals surface area (Å²) in [6.07, 6.45) is 0. The van der Waals surface area contributed by atoms with Gasteiger partial charge in [-0.05, 0) is 60.4 Å². The van der Waals surface area contributed by atoms with Gasteiger partial charge >= 0.3 is 0 Å². The molecular weight excluding hydrogens is 268 g/mol. The predicted octanol–water partition coefficient (Wildman–Crippen LogP) is 4.75. The Bertz CT molecular complexity index is 625. The Morgan fingerprint density at radius 3 is 2.19 bits per heavy atom. The van der Waals surface area contributed by atoms with Gasteiger partial charge in [0.05, 0.1) is 0 Å². The van der Waals surface area contributed by atoms with E-state index >= 15 is 0 Å². The third kappa shape index (κ3) is 3.67. The summed E-state index contributed by atoms with van der Waals surface area (Å²) in [7, 11) is 0. The lowest BCUT2D eigenvalue weighted by molar-refractivity contribution is 0.586. The molecule has 2 aromatic carbocycles. The Hall–Kier alpha value is -1.74. The fourth-order valence-electron chi connectivity index (χ4n) is 2.53. The summed E-state index contributed by atoms with van der Waals surface area (Å²) in [6.45, 7) is 8.44. The van der Waals surface area contributed by atoms with Crippen LogP contribution < -0.4 is 5.32 Å². The summed E-state index contributed by atoms with van der Waals surface area (Å²) < 4.78 is 27.6. The van der Waals surface area contributed by atoms with Crippen LogP contribution in [0.4, 0.5) is 8.78 Å². The lowest BCUT2D eigenvalue weighted by Crippen LogP contribution is -2.21. The van der Waals surface area contributed by atoms with Gasteiger partial charge in [0.15, 0.2) is 0 Å². The fourth-order valence-corrected chi connectivity index (χ4v) is 2.53. The van der Waals surface area contributed by atoms with Gasteiger partial charge in [0.25, 0.3) is 0 Å². The van der Waals surface area contributed by atoms with E-state index in [1.54, 1.807) is 6.07 Å². The van der Waals surface area contributed by atoms with Crippen LogP contribution in [0.3, 0.4) is 0 Å². The number of hydrogen-bond donors (Lipinski definition) is 1. The summed E-state index contributed by atoms with van der Waals surface area (Å²) in [6, 6.07) is 8.37. The molecule has 0 aliphatic heterocycles. The molecule has 2 aromatic rings. The molecule has 0 bridgehead atoms. The fraction of sp³-hybridized carbons (Fsp3) is 0.333. The highest BCUT2D eigenvalue weighted by Crippen LogP contribution is 2.31. The number of nitrogens with one attached hydrogen (secondary N) is 1. The lowest BCUT2D eigenvalue weighted by atomic mass is 9.94. The van der Waals surface area contributed by atoms with Crippen molar-refractivity contribution in [1.29, 1.82) is 0 Å². The first-order valence-electron chi connectivity index (χ1n) is 7.17. The molecule has 0 heterocycles. The summed E-state index contributed by atoms with van der Waals surface area (Å²) in [4.78, 5) is 0. The molecule has 112 valence electrons. The maximum absolute atomic E-state index is 14.2. The number of rotatable bonds is 4. The van der Waals surface area contributed by atoms with Gasteiger partial charge in [-0.25, -0.2) is 8.78 Å². The maximum atomic E-state index is 14.2. The number of hydrogen-bond acceptors (Lipinski definition) is 1. The molecule has 0 unspecified atom stereocenters. The van der Waals surface area contributed by atoms with Crippen molar-refractivity contribution in [3.8, 4) is 11.1 Å². The van der Waals surface area contributed by atoms with Crippen LogP contribution in [-0.4, -0.2) is 6.04 Å². The van der Waals surface area contributed by atoms with Crippen molar-refractivity contribution in [2.24, 2.45) is 0 Å². The molecule has 21 heavy (non-hydrogen) atoms. The van der Waals surface area contributed by atoms with Crippen molar-refractivity contribution < 1.29 is 8.78 Å². The van der Waals surface area contributed by atoms with Crippen LogP contribution in [0.5, 0.6) is 0 Å². The number of benzene rings is 2. The summed E-state index contributed by atoms with van der Waals surface area (Å²) >= 11 is 0. The Labute approximate surface area is 125 Å². The first kappa shape index (κ1) is 15.6. The first-order chi connectivity index (χ1) is 9.88. The van der Waals surface area contributed by atoms with Gasteiger partial charge in [-0.3, -0.25) is 0 Å². The van der Waals surface area contributed by atoms with Gasteiger partial charge in [-0.2, -0.15) is 0 Å². The second-order valence-corrected chi connectivity index (χ2v) is 5.76. The molecule has 0 spiro atoms. The molecule has 0 atom stereocenters. The molecule has 0 saturated carbocycles. The van der Waals surface area contributed by atoms with Crippen LogP contribution in [0.25, 0.3) is 11.1 Å². The molecule has 1 N–H and O–H groups in total. The highest BCUT2D eigenvalue weighted by atomic mass is 19.1. The third-order valence-electron chi connectivity index (χ3n) is 3.51. The molecular formula is C18H21F2N. The Morgan fingerprint density at radius 1 is 1.00 bits per heavy atom. The minimum Gasteiger partial charge on any atom is -0.310 e. The SMILES string of the molecule is Cc1cc(F)cc(C)c1-c1cc(CNC(C)C)ccc1F. The molecule has 2 rings (SSSR count). The standard InChI is InChI=1S/C18H21F2N/c1-11(2)21-10-14-5-6-17(20)16(9-14)18-12(3)7-15(19)8-13(18)4/h5-9,11,21H,10H2,1-4H3. The summed E-state index contributed by atoms with van der Waals surface area (Å²) in [5, 5.41) is 3.32. The van der Waals surface area contributed by atoms with E-state index in [4.69, 9.17) is 0 Å². The predicted molar refractivity (Wildman–Crippen MR) is 83.2 cm³/mol. The van der Waals surface area contributed by atoms with Crippen LogP contribution in [0.15, 0.2) is 30.3 Å². The van der Waals surface area contributed by atoms with E-state index in [0.29, 0.717) is 18.2 Å². The van der Waals surface area contributed by atoms with Crippen LogP contribution in [0, 0.1) is 25.5 Å². The van der Waals surface area contributed by atoms with Crippen molar-refractivity contribution in [3.05, 3.63) is 58.7 Å². The minimum atomic E-state index is -0.285. The van der Waals surface area contributed by atoms with Gasteiger partial charge in [0.2, 0.25) is 0 Å². The van der Waals surface area contributed by atoms with Gasteiger partial charge in [-0.1, -0.05) is 19.9 Å². The van der Waals surface area contributed by atoms with Crippen LogP contribution in [0.1, 0.15) is 30.5 Å². The Kier molecular flexibility index (Phi) is 4.73. The molecule has 0 amide bonds. The summed E-state index contributed by atoms with van der Waals surface area (Å²) in [5.41, 5.74) is 3.83. The smallest absolute Gasteiger partial charge is 0.131 e. The second kappa shape index (κ2) is 6.35. The molecule has 1 nitrogen and oxygen atoms in total. The number of halogens is 2. The van der Waals surface area contributed by atoms with E-state index in [9.17, 15) is 8.78 Å². The van der Waals surface area contributed by atoms with Crippen LogP contribution in [0.2, 0.25) is 0 Å². The molecule has 0 fully saturated rings. The number of aryl methyl sites for hydroxylation is 2.